The summed E-state index contributed by atoms with van der Waals surface area (Å²) in [4.78, 5) is 12.1. The van der Waals surface area contributed by atoms with Crippen molar-refractivity contribution in [3.63, 3.8) is 0 Å². The Bertz CT molecular complexity index is 407. The lowest BCUT2D eigenvalue weighted by molar-refractivity contribution is 0.0937. The predicted molar refractivity (Wildman–Crippen MR) is 79.1 cm³/mol. The summed E-state index contributed by atoms with van der Waals surface area (Å²) < 4.78 is 5.58. The molecule has 106 valence electrons. The van der Waals surface area contributed by atoms with Crippen molar-refractivity contribution in [3.05, 3.63) is 29.8 Å². The third-order valence-corrected chi connectivity index (χ3v) is 2.88. The summed E-state index contributed by atoms with van der Waals surface area (Å²) in [5, 5.41) is 2.96. The molecule has 1 aromatic rings. The normalized spacial score (nSPS) is 12.3. The third kappa shape index (κ3) is 5.97. The first-order chi connectivity index (χ1) is 9.02. The minimum Gasteiger partial charge on any atom is -0.491 e. The highest BCUT2D eigenvalue weighted by Gasteiger charge is 2.10. The van der Waals surface area contributed by atoms with E-state index in [0.717, 1.165) is 18.6 Å². The van der Waals surface area contributed by atoms with Crippen LogP contribution < -0.4 is 10.1 Å². The molecule has 4 heteroatoms. The van der Waals surface area contributed by atoms with E-state index in [1.165, 1.54) is 0 Å². The van der Waals surface area contributed by atoms with Gasteiger partial charge in [-0.05, 0) is 51.8 Å². The Morgan fingerprint density at radius 1 is 1.37 bits per heavy atom. The monoisotopic (exact) mass is 283 g/mol. The summed E-state index contributed by atoms with van der Waals surface area (Å²) in [6.45, 7) is 5.90. The van der Waals surface area contributed by atoms with Gasteiger partial charge in [0, 0.05) is 17.5 Å². The average Bonchev–Trinajstić information content (AvgIpc) is 2.35. The molecule has 0 radical (unpaired) electrons. The lowest BCUT2D eigenvalue weighted by Gasteiger charge is -2.14. The van der Waals surface area contributed by atoms with Crippen LogP contribution in [0.2, 0.25) is 0 Å². The molecule has 0 heterocycles. The van der Waals surface area contributed by atoms with Gasteiger partial charge in [-0.25, -0.2) is 0 Å². The second-order valence-corrected chi connectivity index (χ2v) is 5.28. The number of carbonyl (C=O) groups excluding carboxylic acids is 1. The summed E-state index contributed by atoms with van der Waals surface area (Å²) in [6.07, 6.45) is 1.89. The molecule has 0 bridgehead atoms. The largest absolute Gasteiger partial charge is 0.491 e. The van der Waals surface area contributed by atoms with Gasteiger partial charge >= 0.3 is 0 Å². The van der Waals surface area contributed by atoms with E-state index in [9.17, 15) is 4.79 Å². The third-order valence-electron chi connectivity index (χ3n) is 2.62. The Hall–Kier alpha value is -1.22. The molecule has 0 aliphatic rings. The molecule has 1 unspecified atom stereocenters. The van der Waals surface area contributed by atoms with Gasteiger partial charge in [0.15, 0.2) is 0 Å². The number of alkyl halides is 1. The summed E-state index contributed by atoms with van der Waals surface area (Å²) in [5.41, 5.74) is 0.621. The number of hydrogen-bond acceptors (Lipinski definition) is 2. The number of benzene rings is 1. The van der Waals surface area contributed by atoms with Crippen molar-refractivity contribution in [1.29, 1.82) is 0 Å². The quantitative estimate of drug-likeness (QED) is 0.776. The summed E-state index contributed by atoms with van der Waals surface area (Å²) in [6, 6.07) is 7.37. The molecule has 0 aromatic heterocycles. The molecule has 1 N–H and O–H groups in total. The molecule has 0 aliphatic heterocycles. The van der Waals surface area contributed by atoms with Crippen molar-refractivity contribution in [3.8, 4) is 5.75 Å². The van der Waals surface area contributed by atoms with Crippen LogP contribution in [0.4, 0.5) is 0 Å². The molecule has 1 rings (SSSR count). The zero-order valence-electron chi connectivity index (χ0n) is 11.8. The highest BCUT2D eigenvalue weighted by molar-refractivity contribution is 6.17. The van der Waals surface area contributed by atoms with Crippen molar-refractivity contribution in [2.24, 2.45) is 0 Å². The summed E-state index contributed by atoms with van der Waals surface area (Å²) in [5.74, 6) is 1.27. The molecule has 3 nitrogen and oxygen atoms in total. The van der Waals surface area contributed by atoms with E-state index in [1.54, 1.807) is 12.1 Å². The van der Waals surface area contributed by atoms with E-state index in [2.05, 4.69) is 5.32 Å². The SMILES string of the molecule is CC(CCCCl)NC(=O)c1cccc(OC(C)C)c1. The summed E-state index contributed by atoms with van der Waals surface area (Å²) >= 11 is 5.64. The van der Waals surface area contributed by atoms with Crippen molar-refractivity contribution in [2.45, 2.75) is 45.8 Å². The van der Waals surface area contributed by atoms with Crippen molar-refractivity contribution in [2.75, 3.05) is 5.88 Å². The van der Waals surface area contributed by atoms with E-state index in [4.69, 9.17) is 16.3 Å². The van der Waals surface area contributed by atoms with Crippen LogP contribution in [0.25, 0.3) is 0 Å². The molecule has 1 aromatic carbocycles. The van der Waals surface area contributed by atoms with E-state index in [0.29, 0.717) is 11.4 Å². The van der Waals surface area contributed by atoms with Crippen molar-refractivity contribution >= 4 is 17.5 Å². The van der Waals surface area contributed by atoms with Gasteiger partial charge in [-0.1, -0.05) is 6.07 Å². The zero-order valence-corrected chi connectivity index (χ0v) is 12.5. The van der Waals surface area contributed by atoms with Crippen LogP contribution in [0.3, 0.4) is 0 Å². The fraction of sp³-hybridized carbons (Fsp3) is 0.533. The Kier molecular flexibility index (Phi) is 6.71. The van der Waals surface area contributed by atoms with E-state index in [-0.39, 0.29) is 18.1 Å². The maximum atomic E-state index is 12.1. The molecular weight excluding hydrogens is 262 g/mol. The maximum Gasteiger partial charge on any atom is 0.251 e. The lowest BCUT2D eigenvalue weighted by Crippen LogP contribution is -2.32. The lowest BCUT2D eigenvalue weighted by atomic mass is 10.1. The number of carbonyl (C=O) groups is 1. The molecule has 1 amide bonds. The second kappa shape index (κ2) is 8.05. The van der Waals surface area contributed by atoms with Crippen LogP contribution in [0.1, 0.15) is 44.0 Å². The Morgan fingerprint density at radius 3 is 2.74 bits per heavy atom. The number of amides is 1. The van der Waals surface area contributed by atoms with Gasteiger partial charge < -0.3 is 10.1 Å². The number of ether oxygens (including phenoxy) is 1. The van der Waals surface area contributed by atoms with Gasteiger partial charge in [-0.3, -0.25) is 4.79 Å². The van der Waals surface area contributed by atoms with Crippen LogP contribution >= 0.6 is 11.6 Å². The molecule has 0 saturated carbocycles. The van der Waals surface area contributed by atoms with Crippen LogP contribution in [0, 0.1) is 0 Å². The van der Waals surface area contributed by atoms with Gasteiger partial charge in [-0.15, -0.1) is 11.6 Å². The fourth-order valence-electron chi connectivity index (χ4n) is 1.75. The van der Waals surface area contributed by atoms with Crippen LogP contribution in [0.15, 0.2) is 24.3 Å². The van der Waals surface area contributed by atoms with Crippen LogP contribution in [0.5, 0.6) is 5.75 Å². The standard InChI is InChI=1S/C15H22ClNO2/c1-11(2)19-14-8-4-7-13(10-14)15(18)17-12(3)6-5-9-16/h4,7-8,10-12H,5-6,9H2,1-3H3,(H,17,18). The Morgan fingerprint density at radius 2 is 2.11 bits per heavy atom. The second-order valence-electron chi connectivity index (χ2n) is 4.90. The molecule has 1 atom stereocenters. The molecule has 0 aliphatic carbocycles. The van der Waals surface area contributed by atoms with Crippen LogP contribution in [-0.2, 0) is 0 Å². The molecule has 0 fully saturated rings. The van der Waals surface area contributed by atoms with Gasteiger partial charge in [0.1, 0.15) is 5.75 Å². The van der Waals surface area contributed by atoms with Gasteiger partial charge in [0.2, 0.25) is 0 Å². The summed E-state index contributed by atoms with van der Waals surface area (Å²) in [7, 11) is 0. The smallest absolute Gasteiger partial charge is 0.251 e. The van der Waals surface area contributed by atoms with Gasteiger partial charge in [0.05, 0.1) is 6.10 Å². The first-order valence-electron chi connectivity index (χ1n) is 6.66. The fourth-order valence-corrected chi connectivity index (χ4v) is 1.90. The number of rotatable bonds is 7. The number of halogens is 1. The van der Waals surface area contributed by atoms with Crippen molar-refractivity contribution < 1.29 is 9.53 Å². The Balaban J connectivity index is 2.61. The van der Waals surface area contributed by atoms with Crippen LogP contribution in [-0.4, -0.2) is 23.9 Å². The number of hydrogen-bond donors (Lipinski definition) is 1. The predicted octanol–water partition coefficient (Wildman–Crippen LogP) is 3.61. The first kappa shape index (κ1) is 15.8. The van der Waals surface area contributed by atoms with Gasteiger partial charge in [0.25, 0.3) is 5.91 Å². The van der Waals surface area contributed by atoms with E-state index in [1.807, 2.05) is 32.9 Å². The molecular formula is C15H22ClNO2. The topological polar surface area (TPSA) is 38.3 Å². The van der Waals surface area contributed by atoms with E-state index < -0.39 is 0 Å². The minimum atomic E-state index is -0.0729. The Labute approximate surface area is 120 Å². The van der Waals surface area contributed by atoms with Gasteiger partial charge in [-0.2, -0.15) is 0 Å². The molecule has 0 spiro atoms. The van der Waals surface area contributed by atoms with Crippen molar-refractivity contribution in [1.82, 2.24) is 5.32 Å². The van der Waals surface area contributed by atoms with E-state index >= 15 is 0 Å². The highest BCUT2D eigenvalue weighted by atomic mass is 35.5. The zero-order chi connectivity index (χ0) is 14.3. The average molecular weight is 284 g/mol. The number of nitrogens with one attached hydrogen (secondary N) is 1. The maximum absolute atomic E-state index is 12.1. The highest BCUT2D eigenvalue weighted by Crippen LogP contribution is 2.15. The first-order valence-corrected chi connectivity index (χ1v) is 7.20. The minimum absolute atomic E-state index is 0.0729. The molecule has 0 saturated heterocycles. The molecule has 19 heavy (non-hydrogen) atoms.